The minimum Gasteiger partial charge on any atom is -0.465 e. The number of hydrogen-bond acceptors (Lipinski definition) is 3. The van der Waals surface area contributed by atoms with E-state index < -0.39 is 5.92 Å². The summed E-state index contributed by atoms with van der Waals surface area (Å²) in [7, 11) is 0. The Kier molecular flexibility index (Phi) is 8.42. The standard InChI is InChI=1S/C23H27NO2/c1-2-26-23(25)21(18-24)16-10-5-11-17-22(19-12-6-3-7-13-19)20-14-8-4-9-15-20/h3-4,6-9,12-15,21-22H,2,5,10-11,16-17H2,1H3. The van der Waals surface area contributed by atoms with Crippen molar-refractivity contribution in [3.63, 3.8) is 0 Å². The lowest BCUT2D eigenvalue weighted by molar-refractivity contribution is -0.146. The Bertz CT molecular complexity index is 652. The van der Waals surface area contributed by atoms with Crippen LogP contribution in [0, 0.1) is 17.2 Å². The second-order valence-corrected chi connectivity index (χ2v) is 6.45. The fourth-order valence-electron chi connectivity index (χ4n) is 3.25. The Labute approximate surface area is 156 Å². The average molecular weight is 349 g/mol. The summed E-state index contributed by atoms with van der Waals surface area (Å²) < 4.78 is 4.94. The van der Waals surface area contributed by atoms with E-state index in [0.29, 0.717) is 18.9 Å². The van der Waals surface area contributed by atoms with Crippen LogP contribution in [-0.4, -0.2) is 12.6 Å². The van der Waals surface area contributed by atoms with E-state index in [4.69, 9.17) is 10.00 Å². The number of nitriles is 1. The molecule has 2 aromatic rings. The molecule has 0 heterocycles. The maximum absolute atomic E-state index is 11.7. The molecule has 0 saturated carbocycles. The monoisotopic (exact) mass is 349 g/mol. The number of hydrogen-bond donors (Lipinski definition) is 0. The Hall–Kier alpha value is -2.60. The van der Waals surface area contributed by atoms with Crippen LogP contribution < -0.4 is 0 Å². The summed E-state index contributed by atoms with van der Waals surface area (Å²) in [5.41, 5.74) is 2.67. The quantitative estimate of drug-likeness (QED) is 0.422. The molecule has 26 heavy (non-hydrogen) atoms. The minimum atomic E-state index is -0.631. The summed E-state index contributed by atoms with van der Waals surface area (Å²) in [5, 5.41) is 9.11. The molecule has 1 unspecified atom stereocenters. The number of carbonyl (C=O) groups is 1. The van der Waals surface area contributed by atoms with Gasteiger partial charge in [-0.3, -0.25) is 4.79 Å². The summed E-state index contributed by atoms with van der Waals surface area (Å²) in [4.78, 5) is 11.7. The van der Waals surface area contributed by atoms with E-state index in [2.05, 4.69) is 54.6 Å². The Morgan fingerprint density at radius 1 is 0.923 bits per heavy atom. The van der Waals surface area contributed by atoms with Crippen molar-refractivity contribution in [1.82, 2.24) is 0 Å². The van der Waals surface area contributed by atoms with Crippen LogP contribution in [0.3, 0.4) is 0 Å². The molecule has 0 aromatic heterocycles. The number of esters is 1. The van der Waals surface area contributed by atoms with Gasteiger partial charge >= 0.3 is 5.97 Å². The Morgan fingerprint density at radius 3 is 1.96 bits per heavy atom. The highest BCUT2D eigenvalue weighted by atomic mass is 16.5. The highest BCUT2D eigenvalue weighted by Crippen LogP contribution is 2.30. The van der Waals surface area contributed by atoms with Gasteiger partial charge in [-0.1, -0.05) is 79.9 Å². The van der Waals surface area contributed by atoms with E-state index in [1.54, 1.807) is 6.92 Å². The molecule has 0 bridgehead atoms. The largest absolute Gasteiger partial charge is 0.465 e. The van der Waals surface area contributed by atoms with E-state index in [9.17, 15) is 4.79 Å². The second kappa shape index (κ2) is 11.1. The van der Waals surface area contributed by atoms with Gasteiger partial charge in [-0.05, 0) is 30.9 Å². The van der Waals surface area contributed by atoms with Crippen molar-refractivity contribution in [2.24, 2.45) is 5.92 Å². The van der Waals surface area contributed by atoms with Crippen molar-refractivity contribution in [3.05, 3.63) is 71.8 Å². The molecule has 0 aliphatic carbocycles. The summed E-state index contributed by atoms with van der Waals surface area (Å²) in [6.45, 7) is 2.09. The van der Waals surface area contributed by atoms with Crippen molar-refractivity contribution >= 4 is 5.97 Å². The first kappa shape index (κ1) is 19.7. The first-order valence-electron chi connectivity index (χ1n) is 9.42. The third-order valence-electron chi connectivity index (χ3n) is 4.62. The third-order valence-corrected chi connectivity index (χ3v) is 4.62. The summed E-state index contributed by atoms with van der Waals surface area (Å²) >= 11 is 0. The van der Waals surface area contributed by atoms with Gasteiger partial charge in [-0.2, -0.15) is 5.26 Å². The number of nitrogens with zero attached hydrogens (tertiary/aromatic N) is 1. The van der Waals surface area contributed by atoms with Crippen molar-refractivity contribution in [2.75, 3.05) is 6.61 Å². The number of ether oxygens (including phenoxy) is 1. The second-order valence-electron chi connectivity index (χ2n) is 6.45. The first-order chi connectivity index (χ1) is 12.8. The van der Waals surface area contributed by atoms with Gasteiger partial charge in [0, 0.05) is 5.92 Å². The number of benzene rings is 2. The smallest absolute Gasteiger partial charge is 0.323 e. The molecule has 0 spiro atoms. The van der Waals surface area contributed by atoms with Gasteiger partial charge in [0.1, 0.15) is 5.92 Å². The molecule has 1 atom stereocenters. The molecule has 0 amide bonds. The molecule has 0 aliphatic heterocycles. The average Bonchev–Trinajstić information content (AvgIpc) is 2.69. The van der Waals surface area contributed by atoms with Gasteiger partial charge in [0.15, 0.2) is 0 Å². The van der Waals surface area contributed by atoms with E-state index >= 15 is 0 Å². The van der Waals surface area contributed by atoms with E-state index in [0.717, 1.165) is 25.7 Å². The molecule has 0 fully saturated rings. The number of unbranched alkanes of at least 4 members (excludes halogenated alkanes) is 2. The fourth-order valence-corrected chi connectivity index (χ4v) is 3.25. The van der Waals surface area contributed by atoms with Crippen LogP contribution in [0.1, 0.15) is 56.1 Å². The summed E-state index contributed by atoms with van der Waals surface area (Å²) in [6.07, 6.45) is 4.58. The van der Waals surface area contributed by atoms with E-state index in [-0.39, 0.29) is 5.97 Å². The van der Waals surface area contributed by atoms with Crippen molar-refractivity contribution in [1.29, 1.82) is 5.26 Å². The van der Waals surface area contributed by atoms with Crippen molar-refractivity contribution in [2.45, 2.75) is 44.9 Å². The maximum Gasteiger partial charge on any atom is 0.323 e. The molecule has 0 radical (unpaired) electrons. The predicted molar refractivity (Wildman–Crippen MR) is 104 cm³/mol. The predicted octanol–water partition coefficient (Wildman–Crippen LogP) is 5.47. The first-order valence-corrected chi connectivity index (χ1v) is 9.42. The lowest BCUT2D eigenvalue weighted by Gasteiger charge is -2.18. The third kappa shape index (κ3) is 6.04. The van der Waals surface area contributed by atoms with Crippen LogP contribution in [0.15, 0.2) is 60.7 Å². The van der Waals surface area contributed by atoms with Gasteiger partial charge in [-0.15, -0.1) is 0 Å². The van der Waals surface area contributed by atoms with Crippen molar-refractivity contribution < 1.29 is 9.53 Å². The highest BCUT2D eigenvalue weighted by molar-refractivity contribution is 5.75. The lowest BCUT2D eigenvalue weighted by atomic mass is 9.86. The van der Waals surface area contributed by atoms with E-state index in [1.165, 1.54) is 11.1 Å². The van der Waals surface area contributed by atoms with Crippen LogP contribution in [0.4, 0.5) is 0 Å². The lowest BCUT2D eigenvalue weighted by Crippen LogP contribution is -2.16. The molecule has 3 nitrogen and oxygen atoms in total. The van der Waals surface area contributed by atoms with Gasteiger partial charge in [0.05, 0.1) is 12.7 Å². The topological polar surface area (TPSA) is 50.1 Å². The minimum absolute atomic E-state index is 0.326. The zero-order valence-corrected chi connectivity index (χ0v) is 15.4. The van der Waals surface area contributed by atoms with Gasteiger partial charge in [0.25, 0.3) is 0 Å². The molecule has 2 aromatic carbocycles. The molecule has 0 N–H and O–H groups in total. The van der Waals surface area contributed by atoms with Crippen LogP contribution in [0.5, 0.6) is 0 Å². The van der Waals surface area contributed by atoms with Crippen LogP contribution in [0.25, 0.3) is 0 Å². The molecule has 136 valence electrons. The van der Waals surface area contributed by atoms with Crippen LogP contribution in [-0.2, 0) is 9.53 Å². The van der Waals surface area contributed by atoms with Gasteiger partial charge in [0.2, 0.25) is 0 Å². The molecular formula is C23H27NO2. The molecule has 2 rings (SSSR count). The van der Waals surface area contributed by atoms with Crippen molar-refractivity contribution in [3.8, 4) is 6.07 Å². The Morgan fingerprint density at radius 2 is 1.46 bits per heavy atom. The van der Waals surface area contributed by atoms with Gasteiger partial charge < -0.3 is 4.74 Å². The fraction of sp³-hybridized carbons (Fsp3) is 0.391. The highest BCUT2D eigenvalue weighted by Gasteiger charge is 2.18. The molecule has 3 heteroatoms. The van der Waals surface area contributed by atoms with Crippen LogP contribution >= 0.6 is 0 Å². The van der Waals surface area contributed by atoms with Crippen LogP contribution in [0.2, 0.25) is 0 Å². The number of rotatable bonds is 10. The summed E-state index contributed by atoms with van der Waals surface area (Å²) in [6, 6.07) is 23.2. The molecular weight excluding hydrogens is 322 g/mol. The summed E-state index contributed by atoms with van der Waals surface area (Å²) in [5.74, 6) is -0.635. The van der Waals surface area contributed by atoms with E-state index in [1.807, 2.05) is 12.1 Å². The number of carbonyl (C=O) groups excluding carboxylic acids is 1. The SMILES string of the molecule is CCOC(=O)C(C#N)CCCCCC(c1ccccc1)c1ccccc1. The maximum atomic E-state index is 11.7. The zero-order valence-electron chi connectivity index (χ0n) is 15.4. The Balaban J connectivity index is 1.87. The molecule has 0 aliphatic rings. The zero-order chi connectivity index (χ0) is 18.6. The normalized spacial score (nSPS) is 11.7. The molecule has 0 saturated heterocycles. The van der Waals surface area contributed by atoms with Gasteiger partial charge in [-0.25, -0.2) is 0 Å².